The van der Waals surface area contributed by atoms with Crippen molar-refractivity contribution in [2.75, 3.05) is 13.1 Å². The van der Waals surface area contributed by atoms with Crippen molar-refractivity contribution < 1.29 is 0 Å². The van der Waals surface area contributed by atoms with Crippen LogP contribution in [0.1, 0.15) is 6.92 Å². The molecule has 0 aromatic heterocycles. The Hall–Kier alpha value is -0.0800. The molecule has 0 radical (unpaired) electrons. The minimum atomic E-state index is 0.773. The van der Waals surface area contributed by atoms with E-state index in [-0.39, 0.29) is 0 Å². The molecular weight excluding hydrogens is 88.1 g/mol. The Morgan fingerprint density at radius 3 is 2.43 bits per heavy atom. The Morgan fingerprint density at radius 2 is 2.29 bits per heavy atom. The Balaban J connectivity index is 1.88. The third kappa shape index (κ3) is 0.545. The van der Waals surface area contributed by atoms with Crippen LogP contribution in [0, 0.1) is 0 Å². The van der Waals surface area contributed by atoms with Gasteiger partial charge < -0.3 is 0 Å². The fourth-order valence-electron chi connectivity index (χ4n) is 0.980. The van der Waals surface area contributed by atoms with Gasteiger partial charge in [-0.05, 0) is 6.92 Å². The summed E-state index contributed by atoms with van der Waals surface area (Å²) in [5.41, 5.74) is 0. The molecule has 2 rings (SSSR count). The molecule has 2 aliphatic rings. The van der Waals surface area contributed by atoms with Crippen LogP contribution in [0.3, 0.4) is 0 Å². The summed E-state index contributed by atoms with van der Waals surface area (Å²) in [6.45, 7) is 4.81. The summed E-state index contributed by atoms with van der Waals surface area (Å²) in [5, 5.41) is 3.25. The first-order chi connectivity index (χ1) is 3.38. The van der Waals surface area contributed by atoms with E-state index < -0.39 is 0 Å². The van der Waals surface area contributed by atoms with Crippen molar-refractivity contribution in [1.82, 2.24) is 10.2 Å². The molecule has 0 amide bonds. The second kappa shape index (κ2) is 1.01. The molecule has 2 fully saturated rings. The molecule has 40 valence electrons. The molecule has 0 aromatic rings. The van der Waals surface area contributed by atoms with Gasteiger partial charge in [0, 0.05) is 19.1 Å². The maximum absolute atomic E-state index is 3.25. The highest BCUT2D eigenvalue weighted by Crippen LogP contribution is 2.22. The Morgan fingerprint density at radius 1 is 1.71 bits per heavy atom. The highest BCUT2D eigenvalue weighted by atomic mass is 15.5. The zero-order valence-corrected chi connectivity index (χ0v) is 4.52. The smallest absolute Gasteiger partial charge is 0.0730 e. The van der Waals surface area contributed by atoms with E-state index in [1.54, 1.807) is 0 Å². The molecule has 0 aliphatic carbocycles. The molecule has 2 heteroatoms. The van der Waals surface area contributed by atoms with Crippen LogP contribution in [0.15, 0.2) is 0 Å². The molecule has 3 atom stereocenters. The topological polar surface area (TPSA) is 25.0 Å². The van der Waals surface area contributed by atoms with E-state index in [1.807, 2.05) is 0 Å². The number of nitrogens with zero attached hydrogens (tertiary/aromatic N) is 1. The van der Waals surface area contributed by atoms with Crippen molar-refractivity contribution in [2.24, 2.45) is 0 Å². The number of hydrogen-bond donors (Lipinski definition) is 1. The normalized spacial score (nSPS) is 57.0. The van der Waals surface area contributed by atoms with Crippen molar-refractivity contribution >= 4 is 0 Å². The van der Waals surface area contributed by atoms with Gasteiger partial charge in [0.2, 0.25) is 0 Å². The lowest BCUT2D eigenvalue weighted by molar-refractivity contribution is 0.503. The predicted molar refractivity (Wildman–Crippen MR) is 28.0 cm³/mol. The largest absolute Gasteiger partial charge is 0.298 e. The number of rotatable bonds is 1. The average Bonchev–Trinajstić information content (AvgIpc) is 2.23. The predicted octanol–water partition coefficient (Wildman–Crippen LogP) is -0.380. The minimum Gasteiger partial charge on any atom is -0.298 e. The third-order valence-electron chi connectivity index (χ3n) is 1.69. The van der Waals surface area contributed by atoms with E-state index in [1.165, 1.54) is 13.1 Å². The lowest BCUT2D eigenvalue weighted by atomic mass is 10.6. The SMILES string of the molecule is CC1CN1C1CN1. The fourth-order valence-corrected chi connectivity index (χ4v) is 0.980. The maximum Gasteiger partial charge on any atom is 0.0730 e. The highest BCUT2D eigenvalue weighted by Gasteiger charge is 2.41. The highest BCUT2D eigenvalue weighted by molar-refractivity contribution is 4.97. The molecule has 0 bridgehead atoms. The molecule has 0 aromatic carbocycles. The lowest BCUT2D eigenvalue weighted by Crippen LogP contribution is -2.06. The first-order valence-corrected chi connectivity index (χ1v) is 2.87. The van der Waals surface area contributed by atoms with Crippen molar-refractivity contribution in [3.05, 3.63) is 0 Å². The second-order valence-corrected chi connectivity index (χ2v) is 2.47. The quantitative estimate of drug-likeness (QED) is 0.452. The van der Waals surface area contributed by atoms with Gasteiger partial charge in [0.05, 0.1) is 6.17 Å². The van der Waals surface area contributed by atoms with Gasteiger partial charge in [-0.1, -0.05) is 0 Å². The van der Waals surface area contributed by atoms with Gasteiger partial charge >= 0.3 is 0 Å². The van der Waals surface area contributed by atoms with E-state index in [9.17, 15) is 0 Å². The zero-order valence-electron chi connectivity index (χ0n) is 4.52. The molecule has 3 unspecified atom stereocenters. The van der Waals surface area contributed by atoms with Gasteiger partial charge in [-0.25, -0.2) is 0 Å². The van der Waals surface area contributed by atoms with Crippen LogP contribution in [0.25, 0.3) is 0 Å². The molecule has 0 saturated carbocycles. The van der Waals surface area contributed by atoms with E-state index in [4.69, 9.17) is 0 Å². The maximum atomic E-state index is 3.25. The zero-order chi connectivity index (χ0) is 4.85. The van der Waals surface area contributed by atoms with Crippen molar-refractivity contribution in [2.45, 2.75) is 19.1 Å². The van der Waals surface area contributed by atoms with Crippen LogP contribution in [-0.4, -0.2) is 30.2 Å². The van der Waals surface area contributed by atoms with E-state index in [2.05, 4.69) is 17.1 Å². The number of hydrogen-bond acceptors (Lipinski definition) is 2. The van der Waals surface area contributed by atoms with Crippen LogP contribution < -0.4 is 5.32 Å². The monoisotopic (exact) mass is 98.1 g/mol. The van der Waals surface area contributed by atoms with Crippen LogP contribution in [0.2, 0.25) is 0 Å². The Bertz CT molecular complexity index is 88.1. The second-order valence-electron chi connectivity index (χ2n) is 2.47. The molecule has 2 saturated heterocycles. The van der Waals surface area contributed by atoms with Crippen LogP contribution in [0.5, 0.6) is 0 Å². The van der Waals surface area contributed by atoms with Crippen molar-refractivity contribution in [1.29, 1.82) is 0 Å². The summed E-state index contributed by atoms with van der Waals surface area (Å²) in [7, 11) is 0. The third-order valence-corrected chi connectivity index (χ3v) is 1.69. The first-order valence-electron chi connectivity index (χ1n) is 2.87. The lowest BCUT2D eigenvalue weighted by Gasteiger charge is -1.89. The Kier molecular flexibility index (Phi) is 0.557. The molecular formula is C5H10N2. The van der Waals surface area contributed by atoms with Gasteiger partial charge in [0.15, 0.2) is 0 Å². The molecule has 1 N–H and O–H groups in total. The van der Waals surface area contributed by atoms with Gasteiger partial charge in [0.1, 0.15) is 0 Å². The molecule has 7 heavy (non-hydrogen) atoms. The van der Waals surface area contributed by atoms with E-state index in [0.29, 0.717) is 0 Å². The van der Waals surface area contributed by atoms with Crippen molar-refractivity contribution in [3.63, 3.8) is 0 Å². The van der Waals surface area contributed by atoms with Crippen LogP contribution in [-0.2, 0) is 0 Å². The van der Waals surface area contributed by atoms with Gasteiger partial charge in [-0.3, -0.25) is 10.2 Å². The summed E-state index contributed by atoms with van der Waals surface area (Å²) < 4.78 is 0. The fraction of sp³-hybridized carbons (Fsp3) is 1.00. The summed E-state index contributed by atoms with van der Waals surface area (Å²) in [4.78, 5) is 2.46. The van der Waals surface area contributed by atoms with Crippen LogP contribution in [0.4, 0.5) is 0 Å². The molecule has 2 heterocycles. The van der Waals surface area contributed by atoms with Gasteiger partial charge in [-0.2, -0.15) is 0 Å². The molecule has 2 aliphatic heterocycles. The summed E-state index contributed by atoms with van der Waals surface area (Å²) in [6, 6.07) is 0.875. The summed E-state index contributed by atoms with van der Waals surface area (Å²) >= 11 is 0. The number of nitrogens with one attached hydrogen (secondary N) is 1. The van der Waals surface area contributed by atoms with Gasteiger partial charge in [-0.15, -0.1) is 0 Å². The van der Waals surface area contributed by atoms with E-state index in [0.717, 1.165) is 12.2 Å². The van der Waals surface area contributed by atoms with Crippen LogP contribution >= 0.6 is 0 Å². The summed E-state index contributed by atoms with van der Waals surface area (Å²) in [6.07, 6.45) is 0.773. The minimum absolute atomic E-state index is 0.773. The van der Waals surface area contributed by atoms with Gasteiger partial charge in [0.25, 0.3) is 0 Å². The van der Waals surface area contributed by atoms with Crippen molar-refractivity contribution in [3.8, 4) is 0 Å². The Labute approximate surface area is 43.5 Å². The average molecular weight is 98.1 g/mol. The summed E-state index contributed by atoms with van der Waals surface area (Å²) in [5.74, 6) is 0. The standard InChI is InChI=1S/C5H10N2/c1-4-3-7(4)5-2-6-5/h4-6H,2-3H2,1H3. The van der Waals surface area contributed by atoms with E-state index >= 15 is 0 Å². The molecule has 2 nitrogen and oxygen atoms in total. The first kappa shape index (κ1) is 3.87. The molecule has 0 spiro atoms.